The van der Waals surface area contributed by atoms with E-state index in [1.165, 1.54) is 5.39 Å². The van der Waals surface area contributed by atoms with Crippen LogP contribution in [0.3, 0.4) is 0 Å². The number of fused-ring (bicyclic) bond motifs is 12. The van der Waals surface area contributed by atoms with Crippen LogP contribution in [-0.2, 0) is 0 Å². The van der Waals surface area contributed by atoms with E-state index in [4.69, 9.17) is 0 Å². The Morgan fingerprint density at radius 2 is 0.849 bits per heavy atom. The van der Waals surface area contributed by atoms with Crippen molar-refractivity contribution < 1.29 is 0 Å². The lowest BCUT2D eigenvalue weighted by Gasteiger charge is -2.16. The van der Waals surface area contributed by atoms with Crippen molar-refractivity contribution in [2.45, 2.75) is 0 Å². The van der Waals surface area contributed by atoms with Gasteiger partial charge in [-0.25, -0.2) is 0 Å². The summed E-state index contributed by atoms with van der Waals surface area (Å²) in [5, 5.41) is 30.8. The summed E-state index contributed by atoms with van der Waals surface area (Å²) < 4.78 is 6.67. The minimum atomic E-state index is 0.483. The molecule has 0 saturated carbocycles. The molecule has 0 aliphatic heterocycles. The molecule has 11 rings (SSSR count). The van der Waals surface area contributed by atoms with Crippen LogP contribution in [0.5, 0.6) is 0 Å². The number of rotatable bonds is 3. The molecule has 0 fully saturated rings. The number of hydrogen-bond acceptors (Lipinski definition) is 2. The molecule has 0 saturated heterocycles. The zero-order valence-corrected chi connectivity index (χ0v) is 28.3. The van der Waals surface area contributed by atoms with Crippen LogP contribution < -0.4 is 0 Å². The van der Waals surface area contributed by atoms with Crippen LogP contribution >= 0.6 is 0 Å². The highest BCUT2D eigenvalue weighted by molar-refractivity contribution is 6.26. The SMILES string of the molecule is N#Cc1cc(-n2c3ccccc3c3c2ccc2c4ccccc4n(-c4ccccc4)c23)c(C#N)cc1-n1c2ccccc2c2c3ccccc3ccc21. The van der Waals surface area contributed by atoms with Crippen LogP contribution in [0, 0.1) is 22.7 Å². The maximum Gasteiger partial charge on any atom is 0.101 e. The molecule has 3 heterocycles. The molecule has 0 aliphatic rings. The Bertz CT molecular complexity index is 3420. The largest absolute Gasteiger partial charge is 0.309 e. The summed E-state index contributed by atoms with van der Waals surface area (Å²) in [6.45, 7) is 0. The third-order valence-electron chi connectivity index (χ3n) is 10.9. The first kappa shape index (κ1) is 29.2. The van der Waals surface area contributed by atoms with Gasteiger partial charge >= 0.3 is 0 Å². The minimum Gasteiger partial charge on any atom is -0.309 e. The predicted molar refractivity (Wildman–Crippen MR) is 216 cm³/mol. The standard InChI is InChI=1S/C48H27N5/c49-28-31-27-45(32(29-50)26-44(31)52-40-20-10-7-17-37(40)46-34-15-5-4-12-30(34)22-24-42(46)52)53-41-21-11-8-18-38(41)47-43(53)25-23-36-35-16-6-9-19-39(35)51(48(36)47)33-13-2-1-3-14-33/h1-27H. The monoisotopic (exact) mass is 673 g/mol. The molecular weight excluding hydrogens is 647 g/mol. The first-order chi connectivity index (χ1) is 26.2. The van der Waals surface area contributed by atoms with Crippen LogP contribution in [0.25, 0.3) is 93.3 Å². The Morgan fingerprint density at radius 3 is 1.49 bits per heavy atom. The van der Waals surface area contributed by atoms with Crippen LogP contribution in [0.2, 0.25) is 0 Å². The van der Waals surface area contributed by atoms with Crippen LogP contribution in [0.1, 0.15) is 11.1 Å². The van der Waals surface area contributed by atoms with E-state index in [-0.39, 0.29) is 0 Å². The lowest BCUT2D eigenvalue weighted by molar-refractivity contribution is 1.12. The van der Waals surface area contributed by atoms with Gasteiger partial charge in [-0.15, -0.1) is 0 Å². The average molecular weight is 674 g/mol. The summed E-state index contributed by atoms with van der Waals surface area (Å²) in [5.74, 6) is 0. The van der Waals surface area contributed by atoms with Gasteiger partial charge in [0.2, 0.25) is 0 Å². The smallest absolute Gasteiger partial charge is 0.101 e. The summed E-state index contributed by atoms with van der Waals surface area (Å²) >= 11 is 0. The van der Waals surface area contributed by atoms with Crippen molar-refractivity contribution in [3.05, 3.63) is 175 Å². The summed E-state index contributed by atoms with van der Waals surface area (Å²) in [4.78, 5) is 0. The molecule has 0 aliphatic carbocycles. The molecule has 0 bridgehead atoms. The van der Waals surface area contributed by atoms with E-state index < -0.39 is 0 Å². The molecule has 0 atom stereocenters. The molecule has 11 aromatic rings. The van der Waals surface area contributed by atoms with E-state index in [0.717, 1.165) is 76.5 Å². The number of nitrogens with zero attached hydrogens (tertiary/aromatic N) is 5. The number of aromatic nitrogens is 3. The van der Waals surface area contributed by atoms with Gasteiger partial charge in [0.25, 0.3) is 0 Å². The highest BCUT2D eigenvalue weighted by Crippen LogP contribution is 2.43. The molecule has 8 aromatic carbocycles. The quantitative estimate of drug-likeness (QED) is 0.187. The third kappa shape index (κ3) is 3.94. The van der Waals surface area contributed by atoms with Gasteiger partial charge in [0.1, 0.15) is 12.1 Å². The molecule has 3 aromatic heterocycles. The topological polar surface area (TPSA) is 62.4 Å². The van der Waals surface area contributed by atoms with E-state index >= 15 is 0 Å². The fraction of sp³-hybridized carbons (Fsp3) is 0. The second kappa shape index (κ2) is 10.9. The average Bonchev–Trinajstić information content (AvgIpc) is 3.86. The van der Waals surface area contributed by atoms with E-state index in [9.17, 15) is 10.5 Å². The molecular formula is C48H27N5. The summed E-state index contributed by atoms with van der Waals surface area (Å²) in [7, 11) is 0. The van der Waals surface area contributed by atoms with Gasteiger partial charge in [0, 0.05) is 38.0 Å². The van der Waals surface area contributed by atoms with Crippen molar-refractivity contribution in [1.82, 2.24) is 13.7 Å². The zero-order valence-electron chi connectivity index (χ0n) is 28.3. The second-order valence-electron chi connectivity index (χ2n) is 13.5. The number of benzene rings is 8. The summed E-state index contributed by atoms with van der Waals surface area (Å²) in [6.07, 6.45) is 0. The molecule has 5 nitrogen and oxygen atoms in total. The van der Waals surface area contributed by atoms with Crippen molar-refractivity contribution in [3.8, 4) is 29.2 Å². The Hall–Kier alpha value is -7.60. The van der Waals surface area contributed by atoms with E-state index in [1.807, 2.05) is 30.3 Å². The molecule has 5 heteroatoms. The van der Waals surface area contributed by atoms with Crippen molar-refractivity contribution in [3.63, 3.8) is 0 Å². The van der Waals surface area contributed by atoms with Crippen molar-refractivity contribution in [2.24, 2.45) is 0 Å². The maximum absolute atomic E-state index is 10.9. The van der Waals surface area contributed by atoms with Gasteiger partial charge in [0.15, 0.2) is 0 Å². The zero-order chi connectivity index (χ0) is 35.2. The minimum absolute atomic E-state index is 0.483. The Morgan fingerprint density at radius 1 is 0.358 bits per heavy atom. The fourth-order valence-electron chi connectivity index (χ4n) is 8.74. The Balaban J connectivity index is 1.25. The first-order valence-corrected chi connectivity index (χ1v) is 17.7. The molecule has 0 radical (unpaired) electrons. The molecule has 0 amide bonds. The fourth-order valence-corrected chi connectivity index (χ4v) is 8.74. The lowest BCUT2D eigenvalue weighted by atomic mass is 10.0. The summed E-state index contributed by atoms with van der Waals surface area (Å²) in [6, 6.07) is 61.6. The molecule has 0 unspecified atom stereocenters. The van der Waals surface area contributed by atoms with Gasteiger partial charge in [0.05, 0.1) is 55.6 Å². The van der Waals surface area contributed by atoms with E-state index in [1.54, 1.807) is 0 Å². The second-order valence-corrected chi connectivity index (χ2v) is 13.5. The summed E-state index contributed by atoms with van der Waals surface area (Å²) in [5.41, 5.74) is 9.56. The Labute approximate surface area is 303 Å². The van der Waals surface area contributed by atoms with Crippen LogP contribution in [0.15, 0.2) is 164 Å². The van der Waals surface area contributed by atoms with E-state index in [0.29, 0.717) is 22.5 Å². The van der Waals surface area contributed by atoms with Gasteiger partial charge in [-0.3, -0.25) is 0 Å². The predicted octanol–water partition coefficient (Wildman–Crippen LogP) is 11.9. The van der Waals surface area contributed by atoms with Gasteiger partial charge in [-0.2, -0.15) is 10.5 Å². The highest BCUT2D eigenvalue weighted by Gasteiger charge is 2.24. The van der Waals surface area contributed by atoms with Crippen molar-refractivity contribution in [1.29, 1.82) is 10.5 Å². The molecule has 244 valence electrons. The van der Waals surface area contributed by atoms with Crippen LogP contribution in [0.4, 0.5) is 0 Å². The van der Waals surface area contributed by atoms with Gasteiger partial charge in [-0.1, -0.05) is 109 Å². The first-order valence-electron chi connectivity index (χ1n) is 17.7. The maximum atomic E-state index is 10.9. The van der Waals surface area contributed by atoms with Crippen molar-refractivity contribution >= 4 is 76.2 Å². The van der Waals surface area contributed by atoms with E-state index in [2.05, 4.69) is 159 Å². The number of hydrogen-bond donors (Lipinski definition) is 0. The van der Waals surface area contributed by atoms with Crippen molar-refractivity contribution in [2.75, 3.05) is 0 Å². The highest BCUT2D eigenvalue weighted by atomic mass is 15.0. The van der Waals surface area contributed by atoms with Gasteiger partial charge in [-0.05, 0) is 65.4 Å². The normalized spacial score (nSPS) is 11.7. The molecule has 53 heavy (non-hydrogen) atoms. The van der Waals surface area contributed by atoms with Crippen LogP contribution in [-0.4, -0.2) is 13.7 Å². The molecule has 0 N–H and O–H groups in total. The Kier molecular flexibility index (Phi) is 6.02. The molecule has 0 spiro atoms. The number of nitriles is 2. The van der Waals surface area contributed by atoms with Gasteiger partial charge < -0.3 is 13.7 Å². The lowest BCUT2D eigenvalue weighted by Crippen LogP contribution is -2.04. The number of para-hydroxylation sites is 4. The third-order valence-corrected chi connectivity index (χ3v) is 10.9.